The zero-order chi connectivity index (χ0) is 18.4. The Morgan fingerprint density at radius 3 is 2.12 bits per heavy atom. The van der Waals surface area contributed by atoms with Gasteiger partial charge in [0.05, 0.1) is 11.1 Å². The van der Waals surface area contributed by atoms with E-state index >= 15 is 0 Å². The van der Waals surface area contributed by atoms with E-state index in [4.69, 9.17) is 0 Å². The van der Waals surface area contributed by atoms with Gasteiger partial charge in [-0.25, -0.2) is 0 Å². The number of phenolic OH excluding ortho intramolecular Hbond substituents is 3. The first kappa shape index (κ1) is 15.9. The minimum atomic E-state index is -0.572. The second-order valence-electron chi connectivity index (χ2n) is 6.20. The van der Waals surface area contributed by atoms with Crippen LogP contribution in [0, 0.1) is 0 Å². The molecule has 3 aromatic rings. The van der Waals surface area contributed by atoms with Crippen molar-refractivity contribution in [3.05, 3.63) is 88.0 Å². The third-order valence-electron chi connectivity index (χ3n) is 4.58. The molecule has 1 aliphatic rings. The molecule has 3 aromatic carbocycles. The van der Waals surface area contributed by atoms with Crippen LogP contribution in [-0.4, -0.2) is 26.9 Å². The van der Waals surface area contributed by atoms with Gasteiger partial charge >= 0.3 is 0 Å². The van der Waals surface area contributed by atoms with E-state index in [1.165, 1.54) is 36.4 Å². The molecule has 3 N–H and O–H groups in total. The Morgan fingerprint density at radius 2 is 1.38 bits per heavy atom. The average Bonchev–Trinajstić information content (AvgIpc) is 2.63. The number of hydrogen-bond acceptors (Lipinski definition) is 5. The molecule has 0 aromatic heterocycles. The second-order valence-corrected chi connectivity index (χ2v) is 6.20. The van der Waals surface area contributed by atoms with Gasteiger partial charge in [0, 0.05) is 17.5 Å². The van der Waals surface area contributed by atoms with Crippen LogP contribution in [0.3, 0.4) is 0 Å². The Hall–Kier alpha value is -3.60. The molecule has 0 fully saturated rings. The maximum Gasteiger partial charge on any atom is 0.201 e. The molecule has 5 nitrogen and oxygen atoms in total. The molecular formula is C21H14O5. The summed E-state index contributed by atoms with van der Waals surface area (Å²) < 4.78 is 0. The summed E-state index contributed by atoms with van der Waals surface area (Å²) in [5.74, 6) is -1.39. The number of carbonyl (C=O) groups is 2. The van der Waals surface area contributed by atoms with E-state index in [0.29, 0.717) is 12.0 Å². The molecule has 0 saturated carbocycles. The maximum atomic E-state index is 12.8. The van der Waals surface area contributed by atoms with Gasteiger partial charge in [-0.15, -0.1) is 0 Å². The van der Waals surface area contributed by atoms with E-state index in [2.05, 4.69) is 0 Å². The highest BCUT2D eigenvalue weighted by Gasteiger charge is 2.34. The van der Waals surface area contributed by atoms with Gasteiger partial charge in [0.2, 0.25) is 5.78 Å². The van der Waals surface area contributed by atoms with Gasteiger partial charge in [-0.05, 0) is 35.4 Å². The number of rotatable bonds is 2. The van der Waals surface area contributed by atoms with Crippen molar-refractivity contribution >= 4 is 11.6 Å². The van der Waals surface area contributed by atoms with Crippen LogP contribution >= 0.6 is 0 Å². The molecule has 5 heteroatoms. The molecule has 0 amide bonds. The molecular weight excluding hydrogens is 332 g/mol. The summed E-state index contributed by atoms with van der Waals surface area (Å²) >= 11 is 0. The number of hydrogen-bond donors (Lipinski definition) is 3. The van der Waals surface area contributed by atoms with Crippen LogP contribution in [0.15, 0.2) is 54.6 Å². The highest BCUT2D eigenvalue weighted by Crippen LogP contribution is 2.38. The molecule has 0 heterocycles. The second kappa shape index (κ2) is 5.74. The van der Waals surface area contributed by atoms with E-state index in [1.54, 1.807) is 18.2 Å². The van der Waals surface area contributed by atoms with E-state index in [1.807, 2.05) is 0 Å². The first-order valence-corrected chi connectivity index (χ1v) is 8.01. The lowest BCUT2D eigenvalue weighted by molar-refractivity contribution is 0.0974. The highest BCUT2D eigenvalue weighted by atomic mass is 16.3. The van der Waals surface area contributed by atoms with Crippen molar-refractivity contribution in [1.82, 2.24) is 0 Å². The number of aromatic hydroxyl groups is 3. The maximum absolute atomic E-state index is 12.8. The molecule has 0 saturated heterocycles. The van der Waals surface area contributed by atoms with Crippen molar-refractivity contribution in [2.75, 3.05) is 0 Å². The van der Waals surface area contributed by atoms with E-state index in [-0.39, 0.29) is 39.5 Å². The molecule has 0 bridgehead atoms. The lowest BCUT2D eigenvalue weighted by Crippen LogP contribution is -2.21. The largest absolute Gasteiger partial charge is 0.508 e. The predicted octanol–water partition coefficient (Wildman–Crippen LogP) is 3.17. The Kier molecular flexibility index (Phi) is 3.51. The molecule has 1 aliphatic carbocycles. The van der Waals surface area contributed by atoms with Gasteiger partial charge in [-0.1, -0.05) is 30.3 Å². The van der Waals surface area contributed by atoms with Crippen molar-refractivity contribution in [2.24, 2.45) is 0 Å². The monoisotopic (exact) mass is 346 g/mol. The van der Waals surface area contributed by atoms with Crippen LogP contribution < -0.4 is 0 Å². The number of carbonyl (C=O) groups excluding carboxylic acids is 2. The van der Waals surface area contributed by atoms with Gasteiger partial charge in [-0.2, -0.15) is 0 Å². The van der Waals surface area contributed by atoms with E-state index in [9.17, 15) is 24.9 Å². The quantitative estimate of drug-likeness (QED) is 0.518. The minimum absolute atomic E-state index is 0.0814. The molecule has 0 radical (unpaired) electrons. The molecule has 0 aliphatic heterocycles. The molecule has 128 valence electrons. The lowest BCUT2D eigenvalue weighted by Gasteiger charge is -2.20. The summed E-state index contributed by atoms with van der Waals surface area (Å²) in [7, 11) is 0. The third-order valence-corrected chi connectivity index (χ3v) is 4.58. The van der Waals surface area contributed by atoms with Gasteiger partial charge in [0.15, 0.2) is 5.78 Å². The van der Waals surface area contributed by atoms with E-state index < -0.39 is 11.6 Å². The van der Waals surface area contributed by atoms with Crippen LogP contribution in [0.5, 0.6) is 17.2 Å². The Morgan fingerprint density at radius 1 is 0.692 bits per heavy atom. The molecule has 4 rings (SSSR count). The van der Waals surface area contributed by atoms with Crippen molar-refractivity contribution in [3.63, 3.8) is 0 Å². The van der Waals surface area contributed by atoms with Crippen molar-refractivity contribution in [2.45, 2.75) is 6.42 Å². The highest BCUT2D eigenvalue weighted by molar-refractivity contribution is 6.30. The standard InChI is InChI=1S/C21H14O5/c22-13-7-4-11(5-8-13)10-12-6-9-15-18(19(12)24)21(26)17-14(20(15)25)2-1-3-16(17)23/h1-9,22-24H,10H2. The first-order valence-electron chi connectivity index (χ1n) is 8.01. The Bertz CT molecular complexity index is 1060. The zero-order valence-electron chi connectivity index (χ0n) is 13.6. The summed E-state index contributed by atoms with van der Waals surface area (Å²) in [5, 5.41) is 30.0. The fraction of sp³-hybridized carbons (Fsp3) is 0.0476. The number of ketones is 2. The summed E-state index contributed by atoms with van der Waals surface area (Å²) in [6.45, 7) is 0. The fourth-order valence-corrected chi connectivity index (χ4v) is 3.27. The smallest absolute Gasteiger partial charge is 0.201 e. The molecule has 0 unspecified atom stereocenters. The number of fused-ring (bicyclic) bond motifs is 2. The SMILES string of the molecule is O=C1c2cccc(O)c2C(=O)c2c1ccc(Cc1ccc(O)cc1)c2O. The number of phenols is 3. The average molecular weight is 346 g/mol. The van der Waals surface area contributed by atoms with Crippen molar-refractivity contribution in [3.8, 4) is 17.2 Å². The van der Waals surface area contributed by atoms with Gasteiger partial charge in [0.1, 0.15) is 17.2 Å². The van der Waals surface area contributed by atoms with Crippen LogP contribution in [0.25, 0.3) is 0 Å². The van der Waals surface area contributed by atoms with Crippen molar-refractivity contribution < 1.29 is 24.9 Å². The topological polar surface area (TPSA) is 94.8 Å². The Labute approximate surface area is 148 Å². The minimum Gasteiger partial charge on any atom is -0.508 e. The number of benzene rings is 3. The molecule has 0 atom stereocenters. The van der Waals surface area contributed by atoms with Gasteiger partial charge in [0.25, 0.3) is 0 Å². The summed E-state index contributed by atoms with van der Waals surface area (Å²) in [6, 6.07) is 14.0. The Balaban J connectivity index is 1.83. The van der Waals surface area contributed by atoms with Crippen LogP contribution in [0.2, 0.25) is 0 Å². The third kappa shape index (κ3) is 2.33. The fourth-order valence-electron chi connectivity index (χ4n) is 3.27. The zero-order valence-corrected chi connectivity index (χ0v) is 13.6. The van der Waals surface area contributed by atoms with E-state index in [0.717, 1.165) is 5.56 Å². The summed E-state index contributed by atoms with van der Waals surface area (Å²) in [4.78, 5) is 25.5. The normalized spacial score (nSPS) is 12.6. The van der Waals surface area contributed by atoms with Crippen LogP contribution in [0.4, 0.5) is 0 Å². The van der Waals surface area contributed by atoms with Crippen molar-refractivity contribution in [1.29, 1.82) is 0 Å². The van der Waals surface area contributed by atoms with Gasteiger partial charge in [-0.3, -0.25) is 9.59 Å². The molecule has 26 heavy (non-hydrogen) atoms. The van der Waals surface area contributed by atoms with Gasteiger partial charge < -0.3 is 15.3 Å². The van der Waals surface area contributed by atoms with Crippen LogP contribution in [0.1, 0.15) is 43.0 Å². The summed E-state index contributed by atoms with van der Waals surface area (Å²) in [6.07, 6.45) is 0.328. The predicted molar refractivity (Wildman–Crippen MR) is 94.0 cm³/mol. The first-order chi connectivity index (χ1) is 12.5. The summed E-state index contributed by atoms with van der Waals surface area (Å²) in [5.41, 5.74) is 1.40. The lowest BCUT2D eigenvalue weighted by atomic mass is 9.81. The van der Waals surface area contributed by atoms with Crippen LogP contribution in [-0.2, 0) is 6.42 Å². The molecule has 0 spiro atoms.